The molecule has 5 aliphatic rings. The van der Waals surface area contributed by atoms with E-state index in [9.17, 15) is 4.79 Å². The maximum atomic E-state index is 14.1. The van der Waals surface area contributed by atoms with E-state index >= 15 is 0 Å². The van der Waals surface area contributed by atoms with Gasteiger partial charge in [-0.2, -0.15) is 0 Å². The molecule has 0 spiro atoms. The lowest BCUT2D eigenvalue weighted by atomic mass is 9.46. The van der Waals surface area contributed by atoms with E-state index in [1.807, 2.05) is 29.2 Å². The van der Waals surface area contributed by atoms with Crippen LogP contribution in [-0.4, -0.2) is 68.0 Å². The number of anilines is 1. The van der Waals surface area contributed by atoms with Crippen LogP contribution in [0, 0.1) is 17.3 Å². The molecule has 36 heavy (non-hydrogen) atoms. The van der Waals surface area contributed by atoms with Crippen molar-refractivity contribution in [1.82, 2.24) is 29.2 Å². The maximum absolute atomic E-state index is 14.1. The normalized spacial score (nSPS) is 31.8. The van der Waals surface area contributed by atoms with E-state index in [1.165, 1.54) is 6.42 Å². The number of fused-ring (bicyclic) bond motifs is 1. The number of carbonyl (C=O) groups is 1. The molecule has 4 saturated carbocycles. The third-order valence-corrected chi connectivity index (χ3v) is 9.45. The van der Waals surface area contributed by atoms with Crippen LogP contribution in [0.3, 0.4) is 0 Å². The number of morpholine rings is 1. The summed E-state index contributed by atoms with van der Waals surface area (Å²) in [6, 6.07) is 8.17. The molecule has 4 atom stereocenters. The van der Waals surface area contributed by atoms with Crippen molar-refractivity contribution in [3.05, 3.63) is 35.3 Å². The van der Waals surface area contributed by atoms with Crippen LogP contribution in [-0.2, 0) is 21.6 Å². The summed E-state index contributed by atoms with van der Waals surface area (Å²) in [4.78, 5) is 25.8. The molecule has 4 bridgehead atoms. The summed E-state index contributed by atoms with van der Waals surface area (Å²) in [7, 11) is 0. The predicted octanol–water partition coefficient (Wildman–Crippen LogP) is 3.66. The third-order valence-electron chi connectivity index (χ3n) is 9.09. The largest absolute Gasteiger partial charge is 0.379 e. The molecule has 1 amide bonds. The Labute approximate surface area is 218 Å². The molecule has 9 nitrogen and oxygen atoms in total. The highest BCUT2D eigenvalue weighted by atomic mass is 79.9. The Morgan fingerprint density at radius 3 is 2.64 bits per heavy atom. The first-order valence-electron chi connectivity index (χ1n) is 13.2. The Morgan fingerprint density at radius 1 is 1.11 bits per heavy atom. The van der Waals surface area contributed by atoms with Crippen LogP contribution in [0.1, 0.15) is 38.5 Å². The highest BCUT2D eigenvalue weighted by molar-refractivity contribution is 9.10. The Kier molecular flexibility index (Phi) is 5.48. The maximum Gasteiger partial charge on any atom is 0.233 e. The Bertz CT molecular complexity index is 1280. The Morgan fingerprint density at radius 2 is 1.89 bits per heavy atom. The van der Waals surface area contributed by atoms with Gasteiger partial charge < -0.3 is 9.30 Å². The topological polar surface area (TPSA) is 90.1 Å². The number of ether oxygens (including phenoxy) is 1. The van der Waals surface area contributed by atoms with Crippen LogP contribution in [0.25, 0.3) is 11.0 Å². The summed E-state index contributed by atoms with van der Waals surface area (Å²) in [5, 5.41) is 7.98. The summed E-state index contributed by atoms with van der Waals surface area (Å²) >= 11 is 3.42. The molecule has 8 rings (SSSR count). The molecule has 3 aromatic rings. The second kappa shape index (κ2) is 8.63. The summed E-state index contributed by atoms with van der Waals surface area (Å²) in [6.07, 6.45) is 7.99. The Hall–Kier alpha value is -2.30. The number of nitrogens with one attached hydrogen (secondary N) is 1. The summed E-state index contributed by atoms with van der Waals surface area (Å²) in [5.74, 6) is 1.91. The highest BCUT2D eigenvalue weighted by Gasteiger charge is 2.61. The molecular weight excluding hydrogens is 522 g/mol. The van der Waals surface area contributed by atoms with E-state index in [-0.39, 0.29) is 16.9 Å². The van der Waals surface area contributed by atoms with Crippen molar-refractivity contribution in [3.8, 4) is 0 Å². The van der Waals surface area contributed by atoms with Gasteiger partial charge in [0.1, 0.15) is 6.33 Å². The zero-order chi connectivity index (χ0) is 24.3. The monoisotopic (exact) mass is 553 g/mol. The molecule has 10 heteroatoms. The molecule has 4 aliphatic carbocycles. The molecule has 190 valence electrons. The number of amides is 1. The molecule has 1 saturated heterocycles. The van der Waals surface area contributed by atoms with Crippen LogP contribution in [0.15, 0.2) is 35.3 Å². The quantitative estimate of drug-likeness (QED) is 0.501. The first kappa shape index (κ1) is 22.9. The van der Waals surface area contributed by atoms with Crippen molar-refractivity contribution in [2.45, 2.75) is 50.6 Å². The second-order valence-corrected chi connectivity index (χ2v) is 12.1. The number of imidazole rings is 1. The van der Waals surface area contributed by atoms with E-state index in [4.69, 9.17) is 9.72 Å². The average molecular weight is 554 g/mol. The van der Waals surface area contributed by atoms with Gasteiger partial charge in [-0.25, -0.2) is 14.6 Å². The van der Waals surface area contributed by atoms with E-state index in [0.717, 1.165) is 82.5 Å². The van der Waals surface area contributed by atoms with E-state index in [0.29, 0.717) is 22.5 Å². The zero-order valence-corrected chi connectivity index (χ0v) is 22.0. The van der Waals surface area contributed by atoms with Crippen molar-refractivity contribution in [3.63, 3.8) is 0 Å². The highest BCUT2D eigenvalue weighted by Crippen LogP contribution is 2.64. The number of carbonyl (C=O) groups excluding carboxylic acids is 1. The predicted molar refractivity (Wildman–Crippen MR) is 138 cm³/mol. The first-order valence-corrected chi connectivity index (χ1v) is 14.0. The molecule has 2 unspecified atom stereocenters. The van der Waals surface area contributed by atoms with Crippen LogP contribution in [0.4, 0.5) is 5.95 Å². The molecule has 3 heterocycles. The van der Waals surface area contributed by atoms with Gasteiger partial charge in [0.05, 0.1) is 35.2 Å². The van der Waals surface area contributed by atoms with Crippen LogP contribution >= 0.6 is 15.9 Å². The van der Waals surface area contributed by atoms with Gasteiger partial charge in [0.15, 0.2) is 0 Å². The Balaban J connectivity index is 1.18. The van der Waals surface area contributed by atoms with E-state index in [2.05, 4.69) is 46.9 Å². The number of halogens is 1. The first-order chi connectivity index (χ1) is 17.5. The number of para-hydroxylation sites is 2. The number of hydrogen-bond acceptors (Lipinski definition) is 6. The fourth-order valence-electron chi connectivity index (χ4n) is 7.92. The minimum Gasteiger partial charge on any atom is -0.379 e. The van der Waals surface area contributed by atoms with Crippen LogP contribution in [0.2, 0.25) is 0 Å². The zero-order valence-electron chi connectivity index (χ0n) is 20.4. The van der Waals surface area contributed by atoms with Gasteiger partial charge in [-0.15, -0.1) is 5.10 Å². The number of aromatic nitrogens is 5. The summed E-state index contributed by atoms with van der Waals surface area (Å²) in [5.41, 5.74) is 1.49. The van der Waals surface area contributed by atoms with Crippen molar-refractivity contribution in [2.75, 3.05) is 38.2 Å². The molecule has 0 radical (unpaired) electrons. The fourth-order valence-corrected chi connectivity index (χ4v) is 8.18. The lowest BCUT2D eigenvalue weighted by Crippen LogP contribution is -2.60. The fraction of sp³-hybridized carbons (Fsp3) is 0.615. The van der Waals surface area contributed by atoms with Gasteiger partial charge in [0.25, 0.3) is 0 Å². The molecule has 1 aliphatic heterocycles. The SMILES string of the molecule is O=C(Nc1nc2ccccc2n1CCN1CCOCC1)C12C[C@H]3C[C@@H](C1)CC(n1cnc(Br)n1)(C3)C2. The van der Waals surface area contributed by atoms with Crippen LogP contribution < -0.4 is 5.32 Å². The number of rotatable bonds is 6. The molecule has 2 aromatic heterocycles. The number of nitrogens with zero attached hydrogens (tertiary/aromatic N) is 6. The van der Waals surface area contributed by atoms with Crippen molar-refractivity contribution >= 4 is 38.8 Å². The lowest BCUT2D eigenvalue weighted by Gasteiger charge is -2.60. The van der Waals surface area contributed by atoms with Gasteiger partial charge >= 0.3 is 0 Å². The van der Waals surface area contributed by atoms with Gasteiger partial charge in [-0.05, 0) is 78.4 Å². The second-order valence-electron chi connectivity index (χ2n) is 11.4. The molecule has 1 aromatic carbocycles. The van der Waals surface area contributed by atoms with Gasteiger partial charge in [-0.1, -0.05) is 12.1 Å². The minimum absolute atomic E-state index is 0.114. The van der Waals surface area contributed by atoms with Gasteiger partial charge in [0, 0.05) is 26.2 Å². The van der Waals surface area contributed by atoms with Crippen LogP contribution in [0.5, 0.6) is 0 Å². The standard InChI is InChI=1S/C26H32BrN7O2/c27-23-28-17-34(31-23)26-14-18-11-19(15-26)13-25(12-18,16-26)22(35)30-24-29-20-3-1-2-4-21(20)33(24)6-5-32-7-9-36-10-8-32/h1-4,17-19H,5-16H2,(H,29,30,35)/t18-,19+,25?,26?. The molecular formula is C26H32BrN7O2. The van der Waals surface area contributed by atoms with Crippen molar-refractivity contribution < 1.29 is 9.53 Å². The summed E-state index contributed by atoms with van der Waals surface area (Å²) in [6.45, 7) is 5.14. The smallest absolute Gasteiger partial charge is 0.233 e. The minimum atomic E-state index is -0.379. The lowest BCUT2D eigenvalue weighted by molar-refractivity contribution is -0.150. The summed E-state index contributed by atoms with van der Waals surface area (Å²) < 4.78 is 10.4. The number of hydrogen-bond donors (Lipinski definition) is 1. The van der Waals surface area contributed by atoms with E-state index in [1.54, 1.807) is 0 Å². The van der Waals surface area contributed by atoms with Crippen molar-refractivity contribution in [2.24, 2.45) is 17.3 Å². The third kappa shape index (κ3) is 3.80. The van der Waals surface area contributed by atoms with Gasteiger partial charge in [0.2, 0.25) is 16.6 Å². The average Bonchev–Trinajstić information content (AvgIpc) is 3.46. The van der Waals surface area contributed by atoms with Crippen molar-refractivity contribution in [1.29, 1.82) is 0 Å². The number of benzene rings is 1. The van der Waals surface area contributed by atoms with E-state index < -0.39 is 0 Å². The molecule has 1 N–H and O–H groups in total. The van der Waals surface area contributed by atoms with Gasteiger partial charge in [-0.3, -0.25) is 15.0 Å². The molecule has 5 fully saturated rings.